The lowest BCUT2D eigenvalue weighted by Crippen LogP contribution is -1.92. The zero-order valence-electron chi connectivity index (χ0n) is 6.51. The number of anilines is 1. The van der Waals surface area contributed by atoms with E-state index in [4.69, 9.17) is 0 Å². The average Bonchev–Trinajstić information content (AvgIpc) is 2.03. The number of benzene rings is 1. The van der Waals surface area contributed by atoms with Crippen molar-refractivity contribution in [2.45, 2.75) is 6.92 Å². The van der Waals surface area contributed by atoms with Gasteiger partial charge in [-0.25, -0.2) is 8.78 Å². The molecule has 0 aliphatic rings. The molecule has 0 bridgehead atoms. The molecule has 0 aromatic heterocycles. The van der Waals surface area contributed by atoms with Gasteiger partial charge in [-0.15, -0.1) is 0 Å². The summed E-state index contributed by atoms with van der Waals surface area (Å²) in [5, 5.41) is 3.60. The summed E-state index contributed by atoms with van der Waals surface area (Å²) in [7, 11) is 0. The Kier molecular flexibility index (Phi) is 2.74. The maximum absolute atomic E-state index is 12.8. The van der Waals surface area contributed by atoms with E-state index in [1.165, 1.54) is 12.3 Å². The second-order valence-electron chi connectivity index (χ2n) is 2.12. The van der Waals surface area contributed by atoms with Gasteiger partial charge in [-0.2, -0.15) is 5.10 Å². The Labute approximate surface area is 68.9 Å². The van der Waals surface area contributed by atoms with Crippen LogP contribution in [0.1, 0.15) is 6.92 Å². The molecule has 4 heteroatoms. The molecule has 1 aromatic rings. The summed E-state index contributed by atoms with van der Waals surface area (Å²) in [4.78, 5) is 0. The third-order valence-electron chi connectivity index (χ3n) is 1.25. The predicted octanol–water partition coefficient (Wildman–Crippen LogP) is 2.38. The third-order valence-corrected chi connectivity index (χ3v) is 1.25. The summed E-state index contributed by atoms with van der Waals surface area (Å²) >= 11 is 0. The van der Waals surface area contributed by atoms with Crippen molar-refractivity contribution in [1.29, 1.82) is 0 Å². The van der Waals surface area contributed by atoms with Crippen molar-refractivity contribution in [2.75, 3.05) is 5.43 Å². The molecule has 0 spiro atoms. The molecule has 0 atom stereocenters. The van der Waals surface area contributed by atoms with Crippen LogP contribution in [0.2, 0.25) is 0 Å². The number of halogens is 2. The molecule has 0 heterocycles. The fourth-order valence-corrected chi connectivity index (χ4v) is 0.714. The van der Waals surface area contributed by atoms with Crippen LogP contribution in [0, 0.1) is 11.6 Å². The molecule has 1 aromatic carbocycles. The van der Waals surface area contributed by atoms with Gasteiger partial charge in [-0.05, 0) is 19.1 Å². The van der Waals surface area contributed by atoms with E-state index in [1.807, 2.05) is 0 Å². The minimum atomic E-state index is -0.652. The number of hydrogen-bond donors (Lipinski definition) is 1. The van der Waals surface area contributed by atoms with Crippen LogP contribution in [0.5, 0.6) is 0 Å². The smallest absolute Gasteiger partial charge is 0.151 e. The molecule has 64 valence electrons. The Hall–Kier alpha value is -1.45. The molecule has 1 rings (SSSR count). The normalized spacial score (nSPS) is 10.6. The van der Waals surface area contributed by atoms with Gasteiger partial charge in [0.15, 0.2) is 5.82 Å². The molecule has 0 aliphatic heterocycles. The summed E-state index contributed by atoms with van der Waals surface area (Å²) in [5.74, 6) is -1.25. The molecule has 0 radical (unpaired) electrons. The van der Waals surface area contributed by atoms with Gasteiger partial charge in [-0.1, -0.05) is 0 Å². The van der Waals surface area contributed by atoms with Crippen LogP contribution in [-0.4, -0.2) is 6.21 Å². The lowest BCUT2D eigenvalue weighted by atomic mass is 10.3. The first kappa shape index (κ1) is 8.64. The number of nitrogens with one attached hydrogen (secondary N) is 1. The highest BCUT2D eigenvalue weighted by Gasteiger charge is 2.00. The Morgan fingerprint density at radius 2 is 2.17 bits per heavy atom. The van der Waals surface area contributed by atoms with Crippen LogP contribution in [0.3, 0.4) is 0 Å². The fourth-order valence-electron chi connectivity index (χ4n) is 0.714. The maximum Gasteiger partial charge on any atom is 0.151 e. The van der Waals surface area contributed by atoms with Crippen molar-refractivity contribution in [1.82, 2.24) is 0 Å². The van der Waals surface area contributed by atoms with Gasteiger partial charge in [0.25, 0.3) is 0 Å². The van der Waals surface area contributed by atoms with E-state index < -0.39 is 11.6 Å². The first-order chi connectivity index (χ1) is 5.74. The topological polar surface area (TPSA) is 24.4 Å². The van der Waals surface area contributed by atoms with Crippen LogP contribution in [-0.2, 0) is 0 Å². The van der Waals surface area contributed by atoms with Gasteiger partial charge in [0.1, 0.15) is 5.82 Å². The predicted molar refractivity (Wildman–Crippen MR) is 44.1 cm³/mol. The van der Waals surface area contributed by atoms with Gasteiger partial charge in [0, 0.05) is 12.3 Å². The average molecular weight is 170 g/mol. The standard InChI is InChI=1S/C8H8F2N2/c1-2-11-12-8-4-3-6(9)5-7(8)10/h2-5,12H,1H3/b11-2+. The SMILES string of the molecule is C/C=N/Nc1ccc(F)cc1F. The van der Waals surface area contributed by atoms with E-state index in [2.05, 4.69) is 10.5 Å². The van der Waals surface area contributed by atoms with Crippen molar-refractivity contribution < 1.29 is 8.78 Å². The summed E-state index contributed by atoms with van der Waals surface area (Å²) in [6.45, 7) is 1.69. The van der Waals surface area contributed by atoms with Crippen molar-refractivity contribution in [2.24, 2.45) is 5.10 Å². The molecule has 0 amide bonds. The number of nitrogens with zero attached hydrogens (tertiary/aromatic N) is 1. The van der Waals surface area contributed by atoms with Crippen LogP contribution in [0.15, 0.2) is 23.3 Å². The molecule has 2 nitrogen and oxygen atoms in total. The first-order valence-electron chi connectivity index (χ1n) is 3.43. The van der Waals surface area contributed by atoms with E-state index in [0.717, 1.165) is 12.1 Å². The second-order valence-corrected chi connectivity index (χ2v) is 2.12. The molecular formula is C8H8F2N2. The first-order valence-corrected chi connectivity index (χ1v) is 3.43. The summed E-state index contributed by atoms with van der Waals surface area (Å²) in [6.07, 6.45) is 1.47. The molecule has 0 unspecified atom stereocenters. The molecule has 0 saturated heterocycles. The monoisotopic (exact) mass is 170 g/mol. The number of rotatable bonds is 2. The molecule has 0 aliphatic carbocycles. The Balaban J connectivity index is 2.86. The minimum absolute atomic E-state index is 0.162. The quantitative estimate of drug-likeness (QED) is 0.534. The zero-order valence-corrected chi connectivity index (χ0v) is 6.51. The lowest BCUT2D eigenvalue weighted by Gasteiger charge is -2.00. The number of hydrazone groups is 1. The highest BCUT2D eigenvalue weighted by atomic mass is 19.1. The van der Waals surface area contributed by atoms with E-state index >= 15 is 0 Å². The third kappa shape index (κ3) is 2.02. The molecule has 0 saturated carbocycles. The lowest BCUT2D eigenvalue weighted by molar-refractivity contribution is 0.585. The van der Waals surface area contributed by atoms with Crippen LogP contribution < -0.4 is 5.43 Å². The largest absolute Gasteiger partial charge is 0.276 e. The van der Waals surface area contributed by atoms with Gasteiger partial charge in [0.05, 0.1) is 5.69 Å². The van der Waals surface area contributed by atoms with Gasteiger partial charge >= 0.3 is 0 Å². The Bertz CT molecular complexity index is 297. The van der Waals surface area contributed by atoms with E-state index in [1.54, 1.807) is 6.92 Å². The van der Waals surface area contributed by atoms with Crippen molar-refractivity contribution in [3.8, 4) is 0 Å². The van der Waals surface area contributed by atoms with Crippen LogP contribution in [0.4, 0.5) is 14.5 Å². The Morgan fingerprint density at radius 3 is 2.75 bits per heavy atom. The maximum atomic E-state index is 12.8. The van der Waals surface area contributed by atoms with Crippen molar-refractivity contribution >= 4 is 11.9 Å². The van der Waals surface area contributed by atoms with E-state index in [9.17, 15) is 8.78 Å². The summed E-state index contributed by atoms with van der Waals surface area (Å²) in [6, 6.07) is 3.25. The second kappa shape index (κ2) is 3.80. The van der Waals surface area contributed by atoms with Crippen molar-refractivity contribution in [3.05, 3.63) is 29.8 Å². The van der Waals surface area contributed by atoms with E-state index in [-0.39, 0.29) is 5.69 Å². The molecule has 12 heavy (non-hydrogen) atoms. The van der Waals surface area contributed by atoms with Crippen molar-refractivity contribution in [3.63, 3.8) is 0 Å². The van der Waals surface area contributed by atoms with Gasteiger partial charge < -0.3 is 0 Å². The van der Waals surface area contributed by atoms with E-state index in [0.29, 0.717) is 0 Å². The minimum Gasteiger partial charge on any atom is -0.276 e. The fraction of sp³-hybridized carbons (Fsp3) is 0.125. The summed E-state index contributed by atoms with van der Waals surface area (Å²) in [5.41, 5.74) is 2.58. The highest BCUT2D eigenvalue weighted by molar-refractivity contribution is 5.56. The molecule has 1 N–H and O–H groups in total. The number of hydrogen-bond acceptors (Lipinski definition) is 2. The molecule has 0 fully saturated rings. The Morgan fingerprint density at radius 1 is 1.42 bits per heavy atom. The highest BCUT2D eigenvalue weighted by Crippen LogP contribution is 2.14. The van der Waals surface area contributed by atoms with Crippen LogP contribution in [0.25, 0.3) is 0 Å². The van der Waals surface area contributed by atoms with Gasteiger partial charge in [0.2, 0.25) is 0 Å². The van der Waals surface area contributed by atoms with Gasteiger partial charge in [-0.3, -0.25) is 5.43 Å². The summed E-state index contributed by atoms with van der Waals surface area (Å²) < 4.78 is 25.2. The zero-order chi connectivity index (χ0) is 8.97. The van der Waals surface area contributed by atoms with Crippen LogP contribution >= 0.6 is 0 Å². The molecular weight excluding hydrogens is 162 g/mol.